The number of halogens is 3. The molecule has 0 saturated carbocycles. The van der Waals surface area contributed by atoms with E-state index in [0.717, 1.165) is 15.8 Å². The van der Waals surface area contributed by atoms with Crippen molar-refractivity contribution in [1.82, 2.24) is 5.32 Å². The van der Waals surface area contributed by atoms with Gasteiger partial charge in [-0.05, 0) is 48.9 Å². The van der Waals surface area contributed by atoms with Gasteiger partial charge in [-0.25, -0.2) is 9.69 Å². The molecule has 1 heterocycles. The molecule has 0 spiro atoms. The zero-order chi connectivity index (χ0) is 21.1. The molecule has 6 nitrogen and oxygen atoms in total. The van der Waals surface area contributed by atoms with E-state index in [0.29, 0.717) is 28.6 Å². The smallest absolute Gasteiger partial charge is 0.335 e. The van der Waals surface area contributed by atoms with Crippen molar-refractivity contribution in [3.8, 4) is 5.75 Å². The lowest BCUT2D eigenvalue weighted by Gasteiger charge is -2.26. The lowest BCUT2D eigenvalue weighted by atomic mass is 10.1. The molecule has 29 heavy (non-hydrogen) atoms. The van der Waals surface area contributed by atoms with E-state index in [1.165, 1.54) is 18.2 Å². The highest BCUT2D eigenvalue weighted by Crippen LogP contribution is 2.35. The third-order valence-corrected chi connectivity index (χ3v) is 5.00. The van der Waals surface area contributed by atoms with Gasteiger partial charge in [0.1, 0.15) is 11.3 Å². The van der Waals surface area contributed by atoms with Crippen molar-refractivity contribution in [2.45, 2.75) is 13.3 Å². The number of carbonyl (C=O) groups excluding carboxylic acids is 3. The van der Waals surface area contributed by atoms with Crippen LogP contribution in [0.15, 0.2) is 46.4 Å². The predicted octanol–water partition coefficient (Wildman–Crippen LogP) is 5.21. The highest BCUT2D eigenvalue weighted by atomic mass is 79.9. The minimum atomic E-state index is -0.828. The van der Waals surface area contributed by atoms with Crippen molar-refractivity contribution < 1.29 is 19.1 Å². The molecule has 0 aliphatic carbocycles. The topological polar surface area (TPSA) is 75.7 Å². The molecule has 9 heteroatoms. The average Bonchev–Trinajstić information content (AvgIpc) is 2.65. The number of nitrogens with one attached hydrogen (secondary N) is 1. The summed E-state index contributed by atoms with van der Waals surface area (Å²) in [7, 11) is 0. The van der Waals surface area contributed by atoms with Gasteiger partial charge in [0.15, 0.2) is 0 Å². The molecule has 0 atom stereocenters. The summed E-state index contributed by atoms with van der Waals surface area (Å²) in [5.74, 6) is -1.28. The summed E-state index contributed by atoms with van der Waals surface area (Å²) in [5, 5.41) is 2.74. The van der Waals surface area contributed by atoms with Gasteiger partial charge in [0.25, 0.3) is 11.8 Å². The Morgan fingerprint density at radius 2 is 1.83 bits per heavy atom. The summed E-state index contributed by atoms with van der Waals surface area (Å²) >= 11 is 15.6. The van der Waals surface area contributed by atoms with Crippen LogP contribution in [0.25, 0.3) is 6.08 Å². The first-order valence-electron chi connectivity index (χ1n) is 8.60. The molecule has 1 N–H and O–H groups in total. The van der Waals surface area contributed by atoms with Crippen LogP contribution in [0.5, 0.6) is 5.75 Å². The van der Waals surface area contributed by atoms with Crippen LogP contribution in [0.2, 0.25) is 10.0 Å². The van der Waals surface area contributed by atoms with E-state index in [1.54, 1.807) is 24.3 Å². The van der Waals surface area contributed by atoms with Crippen molar-refractivity contribution in [2.24, 2.45) is 0 Å². The van der Waals surface area contributed by atoms with Gasteiger partial charge in [0.05, 0.1) is 17.3 Å². The van der Waals surface area contributed by atoms with E-state index in [1.807, 2.05) is 6.92 Å². The quantitative estimate of drug-likeness (QED) is 0.454. The van der Waals surface area contributed by atoms with Crippen molar-refractivity contribution in [3.05, 3.63) is 62.1 Å². The first-order chi connectivity index (χ1) is 13.8. The van der Waals surface area contributed by atoms with Crippen LogP contribution in [0.3, 0.4) is 0 Å². The maximum absolute atomic E-state index is 13.0. The maximum Gasteiger partial charge on any atom is 0.335 e. The number of carbonyl (C=O) groups is 3. The number of amides is 4. The molecule has 2 aromatic carbocycles. The number of anilines is 1. The van der Waals surface area contributed by atoms with E-state index < -0.39 is 17.8 Å². The van der Waals surface area contributed by atoms with E-state index in [2.05, 4.69) is 21.2 Å². The van der Waals surface area contributed by atoms with Gasteiger partial charge in [-0.2, -0.15) is 0 Å². The van der Waals surface area contributed by atoms with Gasteiger partial charge in [-0.1, -0.05) is 46.1 Å². The number of hydrogen-bond donors (Lipinski definition) is 1. The zero-order valence-corrected chi connectivity index (χ0v) is 18.3. The molecule has 0 unspecified atom stereocenters. The molecule has 3 rings (SSSR count). The zero-order valence-electron chi connectivity index (χ0n) is 15.2. The standard InChI is InChI=1S/C20H15BrCl2N2O4/c1-2-7-29-17-11(8-13(22)10-16(17)23)9-15-18(26)24-20(28)25(19(15)27)14-5-3-12(21)4-6-14/h3-6,8-10H,2,7H2,1H3,(H,24,26,28)/b15-9+. The Kier molecular flexibility index (Phi) is 6.62. The maximum atomic E-state index is 13.0. The SMILES string of the molecule is CCCOc1c(Cl)cc(Cl)cc1/C=C1\C(=O)NC(=O)N(c2ccc(Br)cc2)C1=O. The number of urea groups is 1. The molecular weight excluding hydrogens is 483 g/mol. The largest absolute Gasteiger partial charge is 0.491 e. The molecule has 0 bridgehead atoms. The fraction of sp³-hybridized carbons (Fsp3) is 0.150. The van der Waals surface area contributed by atoms with E-state index >= 15 is 0 Å². The second kappa shape index (κ2) is 8.98. The number of hydrogen-bond acceptors (Lipinski definition) is 4. The Labute approximate surface area is 185 Å². The van der Waals surface area contributed by atoms with Crippen molar-refractivity contribution in [2.75, 3.05) is 11.5 Å². The molecule has 4 amide bonds. The summed E-state index contributed by atoms with van der Waals surface area (Å²) < 4.78 is 6.45. The van der Waals surface area contributed by atoms with Gasteiger partial charge >= 0.3 is 6.03 Å². The third kappa shape index (κ3) is 4.63. The fourth-order valence-corrected chi connectivity index (χ4v) is 3.51. The predicted molar refractivity (Wildman–Crippen MR) is 115 cm³/mol. The first-order valence-corrected chi connectivity index (χ1v) is 10.2. The fourth-order valence-electron chi connectivity index (χ4n) is 2.68. The number of imide groups is 2. The molecule has 150 valence electrons. The lowest BCUT2D eigenvalue weighted by molar-refractivity contribution is -0.122. The molecule has 1 saturated heterocycles. The molecule has 1 aliphatic rings. The Bertz CT molecular complexity index is 1020. The third-order valence-electron chi connectivity index (χ3n) is 3.97. The Hall–Kier alpha value is -2.35. The van der Waals surface area contributed by atoms with E-state index in [-0.39, 0.29) is 10.6 Å². The minimum absolute atomic E-state index is 0.243. The summed E-state index contributed by atoms with van der Waals surface area (Å²) in [6.07, 6.45) is 2.05. The normalized spacial score (nSPS) is 15.7. The number of ether oxygens (including phenoxy) is 1. The van der Waals surface area contributed by atoms with Crippen LogP contribution in [-0.2, 0) is 9.59 Å². The van der Waals surface area contributed by atoms with Crippen LogP contribution < -0.4 is 15.0 Å². The van der Waals surface area contributed by atoms with Gasteiger partial charge in [0, 0.05) is 15.1 Å². The minimum Gasteiger partial charge on any atom is -0.491 e. The molecule has 0 radical (unpaired) electrons. The number of benzene rings is 2. The second-order valence-electron chi connectivity index (χ2n) is 6.09. The van der Waals surface area contributed by atoms with Crippen molar-refractivity contribution in [1.29, 1.82) is 0 Å². The summed E-state index contributed by atoms with van der Waals surface area (Å²) in [6, 6.07) is 8.75. The van der Waals surface area contributed by atoms with Gasteiger partial charge in [-0.3, -0.25) is 14.9 Å². The van der Waals surface area contributed by atoms with Crippen LogP contribution in [0, 0.1) is 0 Å². The summed E-state index contributed by atoms with van der Waals surface area (Å²) in [4.78, 5) is 38.5. The average molecular weight is 498 g/mol. The van der Waals surface area contributed by atoms with Gasteiger partial charge in [0.2, 0.25) is 0 Å². The molecule has 2 aromatic rings. The molecular formula is C20H15BrCl2N2O4. The first kappa shape index (κ1) is 21.4. The van der Waals surface area contributed by atoms with Crippen molar-refractivity contribution >= 4 is 68.7 Å². The summed E-state index contributed by atoms with van der Waals surface area (Å²) in [6.45, 7) is 2.32. The second-order valence-corrected chi connectivity index (χ2v) is 7.85. The lowest BCUT2D eigenvalue weighted by Crippen LogP contribution is -2.54. The van der Waals surface area contributed by atoms with Crippen LogP contribution >= 0.6 is 39.1 Å². The Balaban J connectivity index is 2.06. The number of rotatable bonds is 5. The molecule has 1 aliphatic heterocycles. The van der Waals surface area contributed by atoms with Crippen LogP contribution in [0.1, 0.15) is 18.9 Å². The monoisotopic (exact) mass is 496 g/mol. The molecule has 0 aromatic heterocycles. The van der Waals surface area contributed by atoms with Crippen molar-refractivity contribution in [3.63, 3.8) is 0 Å². The Morgan fingerprint density at radius 3 is 2.48 bits per heavy atom. The highest BCUT2D eigenvalue weighted by Gasteiger charge is 2.37. The van der Waals surface area contributed by atoms with E-state index in [9.17, 15) is 14.4 Å². The summed E-state index contributed by atoms with van der Waals surface area (Å²) in [5.41, 5.74) is 0.437. The van der Waals surface area contributed by atoms with Gasteiger partial charge in [-0.15, -0.1) is 0 Å². The highest BCUT2D eigenvalue weighted by molar-refractivity contribution is 9.10. The van der Waals surface area contributed by atoms with E-state index in [4.69, 9.17) is 27.9 Å². The molecule has 1 fully saturated rings. The van der Waals surface area contributed by atoms with Crippen LogP contribution in [-0.4, -0.2) is 24.5 Å². The Morgan fingerprint density at radius 1 is 1.14 bits per heavy atom. The van der Waals surface area contributed by atoms with Crippen LogP contribution in [0.4, 0.5) is 10.5 Å². The number of nitrogens with zero attached hydrogens (tertiary/aromatic N) is 1. The number of barbiturate groups is 1. The van der Waals surface area contributed by atoms with Gasteiger partial charge < -0.3 is 4.74 Å².